The third-order valence-electron chi connectivity index (χ3n) is 4.25. The molecule has 1 fully saturated rings. The maximum absolute atomic E-state index is 12.8. The van der Waals surface area contributed by atoms with Gasteiger partial charge < -0.3 is 14.6 Å². The Labute approximate surface area is 133 Å². The van der Waals surface area contributed by atoms with Crippen LogP contribution in [0.25, 0.3) is 0 Å². The molecule has 2 rings (SSSR count). The van der Waals surface area contributed by atoms with Gasteiger partial charge in [0, 0.05) is 0 Å². The number of ketones is 1. The predicted molar refractivity (Wildman–Crippen MR) is 84.2 cm³/mol. The SMILES string of the molecule is COc1ccc(C(=O)C2(O)CCC(C)CC2)c(OC)c1Br. The van der Waals surface area contributed by atoms with Crippen LogP contribution in [0.4, 0.5) is 0 Å². The number of hydrogen-bond donors (Lipinski definition) is 1. The molecule has 1 aromatic carbocycles. The van der Waals surface area contributed by atoms with E-state index < -0.39 is 5.60 Å². The fourth-order valence-corrected chi connectivity index (χ4v) is 3.46. The van der Waals surface area contributed by atoms with Crippen molar-refractivity contribution in [1.82, 2.24) is 0 Å². The monoisotopic (exact) mass is 356 g/mol. The topological polar surface area (TPSA) is 55.8 Å². The van der Waals surface area contributed by atoms with Crippen LogP contribution in [-0.2, 0) is 0 Å². The molecule has 0 heterocycles. The zero-order valence-electron chi connectivity index (χ0n) is 12.6. The van der Waals surface area contributed by atoms with Crippen LogP contribution in [0.3, 0.4) is 0 Å². The predicted octanol–water partition coefficient (Wildman–Crippen LogP) is 3.59. The highest BCUT2D eigenvalue weighted by atomic mass is 79.9. The molecule has 0 unspecified atom stereocenters. The molecular formula is C16H21BrO4. The van der Waals surface area contributed by atoms with E-state index in [4.69, 9.17) is 9.47 Å². The molecule has 0 bridgehead atoms. The quantitative estimate of drug-likeness (QED) is 0.837. The normalized spacial score (nSPS) is 25.5. The second kappa shape index (κ2) is 6.36. The summed E-state index contributed by atoms with van der Waals surface area (Å²) in [5, 5.41) is 10.7. The smallest absolute Gasteiger partial charge is 0.198 e. The van der Waals surface area contributed by atoms with E-state index in [0.29, 0.717) is 40.3 Å². The van der Waals surface area contributed by atoms with Gasteiger partial charge in [0.2, 0.25) is 0 Å². The molecule has 0 atom stereocenters. The molecule has 0 radical (unpaired) electrons. The summed E-state index contributed by atoms with van der Waals surface area (Å²) in [6, 6.07) is 3.36. The summed E-state index contributed by atoms with van der Waals surface area (Å²) in [5.41, 5.74) is -0.893. The molecule has 0 spiro atoms. The maximum Gasteiger partial charge on any atom is 0.198 e. The number of aliphatic hydroxyl groups is 1. The Balaban J connectivity index is 2.37. The van der Waals surface area contributed by atoms with Crippen molar-refractivity contribution in [2.45, 2.75) is 38.2 Å². The zero-order chi connectivity index (χ0) is 15.6. The summed E-state index contributed by atoms with van der Waals surface area (Å²) in [6.07, 6.45) is 2.73. The number of rotatable bonds is 4. The van der Waals surface area contributed by atoms with Crippen LogP contribution < -0.4 is 9.47 Å². The Morgan fingerprint density at radius 2 is 1.90 bits per heavy atom. The van der Waals surface area contributed by atoms with E-state index in [1.165, 1.54) is 7.11 Å². The van der Waals surface area contributed by atoms with E-state index in [1.54, 1.807) is 19.2 Å². The third-order valence-corrected chi connectivity index (χ3v) is 5.01. The van der Waals surface area contributed by atoms with Crippen molar-refractivity contribution in [3.63, 3.8) is 0 Å². The average Bonchev–Trinajstić information content (AvgIpc) is 2.49. The first-order valence-corrected chi connectivity index (χ1v) is 7.90. The number of benzene rings is 1. The van der Waals surface area contributed by atoms with Crippen molar-refractivity contribution in [2.75, 3.05) is 14.2 Å². The summed E-state index contributed by atoms with van der Waals surface area (Å²) in [7, 11) is 3.06. The lowest BCUT2D eigenvalue weighted by Crippen LogP contribution is -2.42. The lowest BCUT2D eigenvalue weighted by Gasteiger charge is -2.34. The summed E-state index contributed by atoms with van der Waals surface area (Å²) >= 11 is 3.39. The third kappa shape index (κ3) is 3.09. The molecule has 116 valence electrons. The van der Waals surface area contributed by atoms with E-state index in [0.717, 1.165) is 12.8 Å². The van der Waals surface area contributed by atoms with Gasteiger partial charge in [0.1, 0.15) is 21.6 Å². The van der Waals surface area contributed by atoms with Crippen molar-refractivity contribution < 1.29 is 19.4 Å². The minimum atomic E-state index is -1.28. The van der Waals surface area contributed by atoms with E-state index in [-0.39, 0.29) is 5.78 Å². The van der Waals surface area contributed by atoms with Gasteiger partial charge in [0.15, 0.2) is 5.78 Å². The van der Waals surface area contributed by atoms with Crippen molar-refractivity contribution in [3.8, 4) is 11.5 Å². The first-order chi connectivity index (χ1) is 9.92. The van der Waals surface area contributed by atoms with Gasteiger partial charge in [0.25, 0.3) is 0 Å². The lowest BCUT2D eigenvalue weighted by molar-refractivity contribution is 0.00403. The van der Waals surface area contributed by atoms with Gasteiger partial charge in [-0.1, -0.05) is 6.92 Å². The summed E-state index contributed by atoms with van der Waals surface area (Å²) in [5.74, 6) is 1.29. The van der Waals surface area contributed by atoms with Crippen LogP contribution in [0, 0.1) is 5.92 Å². The summed E-state index contributed by atoms with van der Waals surface area (Å²) in [4.78, 5) is 12.8. The zero-order valence-corrected chi connectivity index (χ0v) is 14.2. The number of hydrogen-bond acceptors (Lipinski definition) is 4. The van der Waals surface area contributed by atoms with Gasteiger partial charge in [-0.3, -0.25) is 4.79 Å². The number of carbonyl (C=O) groups excluding carboxylic acids is 1. The van der Waals surface area contributed by atoms with Gasteiger partial charge in [0.05, 0.1) is 19.8 Å². The molecule has 1 aliphatic carbocycles. The molecule has 0 saturated heterocycles. The molecule has 1 N–H and O–H groups in total. The van der Waals surface area contributed by atoms with Gasteiger partial charge in [-0.15, -0.1) is 0 Å². The van der Waals surface area contributed by atoms with Crippen LogP contribution in [0.5, 0.6) is 11.5 Å². The molecule has 1 saturated carbocycles. The number of ether oxygens (including phenoxy) is 2. The molecule has 0 aliphatic heterocycles. The maximum atomic E-state index is 12.8. The van der Waals surface area contributed by atoms with E-state index in [2.05, 4.69) is 22.9 Å². The number of halogens is 1. The number of Topliss-reactive ketones (excluding diaryl/α,β-unsaturated/α-hetero) is 1. The van der Waals surface area contributed by atoms with Gasteiger partial charge in [-0.05, 0) is 59.7 Å². The lowest BCUT2D eigenvalue weighted by atomic mass is 9.75. The fourth-order valence-electron chi connectivity index (χ4n) is 2.79. The number of methoxy groups -OCH3 is 2. The Morgan fingerprint density at radius 1 is 1.29 bits per heavy atom. The Bertz CT molecular complexity index is 533. The molecule has 1 aliphatic rings. The van der Waals surface area contributed by atoms with E-state index >= 15 is 0 Å². The minimum Gasteiger partial charge on any atom is -0.495 e. The molecule has 0 amide bonds. The molecule has 4 nitrogen and oxygen atoms in total. The summed E-state index contributed by atoms with van der Waals surface area (Å²) in [6.45, 7) is 2.15. The largest absolute Gasteiger partial charge is 0.495 e. The highest BCUT2D eigenvalue weighted by molar-refractivity contribution is 9.10. The first-order valence-electron chi connectivity index (χ1n) is 7.10. The van der Waals surface area contributed by atoms with Crippen LogP contribution >= 0.6 is 15.9 Å². The van der Waals surface area contributed by atoms with Crippen LogP contribution in [-0.4, -0.2) is 30.7 Å². The van der Waals surface area contributed by atoms with Crippen LogP contribution in [0.1, 0.15) is 43.0 Å². The molecule has 1 aromatic rings. The van der Waals surface area contributed by atoms with E-state index in [9.17, 15) is 9.90 Å². The summed E-state index contributed by atoms with van der Waals surface area (Å²) < 4.78 is 11.1. The van der Waals surface area contributed by atoms with Gasteiger partial charge >= 0.3 is 0 Å². The van der Waals surface area contributed by atoms with Gasteiger partial charge in [-0.2, -0.15) is 0 Å². The van der Waals surface area contributed by atoms with Crippen molar-refractivity contribution in [2.24, 2.45) is 5.92 Å². The standard InChI is InChI=1S/C16H21BrO4/c1-10-6-8-16(19,9-7-10)15(18)11-4-5-12(20-2)13(17)14(11)21-3/h4-5,10,19H,6-9H2,1-3H3. The molecular weight excluding hydrogens is 336 g/mol. The Morgan fingerprint density at radius 3 is 2.43 bits per heavy atom. The van der Waals surface area contributed by atoms with E-state index in [1.807, 2.05) is 0 Å². The van der Waals surface area contributed by atoms with Crippen molar-refractivity contribution in [1.29, 1.82) is 0 Å². The molecule has 5 heteroatoms. The van der Waals surface area contributed by atoms with Crippen LogP contribution in [0.2, 0.25) is 0 Å². The average molecular weight is 357 g/mol. The highest BCUT2D eigenvalue weighted by Gasteiger charge is 2.40. The van der Waals surface area contributed by atoms with Crippen molar-refractivity contribution in [3.05, 3.63) is 22.2 Å². The second-order valence-corrected chi connectivity index (χ2v) is 6.50. The van der Waals surface area contributed by atoms with Crippen LogP contribution in [0.15, 0.2) is 16.6 Å². The minimum absolute atomic E-state index is 0.269. The van der Waals surface area contributed by atoms with Gasteiger partial charge in [-0.25, -0.2) is 0 Å². The Kier molecular flexibility index (Phi) is 4.94. The molecule has 21 heavy (non-hydrogen) atoms. The molecule has 0 aromatic heterocycles. The first kappa shape index (κ1) is 16.3. The fraction of sp³-hybridized carbons (Fsp3) is 0.562. The Hall–Kier alpha value is -1.07. The highest BCUT2D eigenvalue weighted by Crippen LogP contribution is 2.41. The number of carbonyl (C=O) groups is 1. The second-order valence-electron chi connectivity index (χ2n) is 5.71. The van der Waals surface area contributed by atoms with Crippen molar-refractivity contribution >= 4 is 21.7 Å².